The lowest BCUT2D eigenvalue weighted by Gasteiger charge is -2.33. The van der Waals surface area contributed by atoms with Crippen LogP contribution in [-0.2, 0) is 24.6 Å². The van der Waals surface area contributed by atoms with Gasteiger partial charge >= 0.3 is 0 Å². The van der Waals surface area contributed by atoms with Crippen LogP contribution in [0.25, 0.3) is 0 Å². The molecule has 5 aliphatic rings. The Kier molecular flexibility index (Phi) is 12.9. The molecule has 5 N–H and O–H groups in total. The van der Waals surface area contributed by atoms with Gasteiger partial charge in [-0.1, -0.05) is 19.4 Å². The molecule has 2 unspecified atom stereocenters. The summed E-state index contributed by atoms with van der Waals surface area (Å²) in [5, 5.41) is 7.86. The molecule has 54 heavy (non-hydrogen) atoms. The van der Waals surface area contributed by atoms with E-state index < -0.39 is 71.1 Å². The number of hydrogen-bond donors (Lipinski definition) is 4. The smallest absolute Gasteiger partial charge is 0.270 e. The molecule has 0 bridgehead atoms. The van der Waals surface area contributed by atoms with Crippen LogP contribution in [0.3, 0.4) is 0 Å². The molecule has 298 valence electrons. The van der Waals surface area contributed by atoms with Gasteiger partial charge in [-0.2, -0.15) is 0 Å². The molecule has 3 amide bonds. The SMILES string of the molecule is CCC(=O)NC(C=O)C1(c2ccc(NC(=O)C(NC(=O)C(/C=C\N)=NCC3CCC3)C3CCC(F)(F)CC3)c(F)c2)CC1.CN1CCC2(CC1)CC2(F)F. The molecule has 4 saturated carbocycles. The van der Waals surface area contributed by atoms with Crippen molar-refractivity contribution in [1.82, 2.24) is 15.5 Å². The van der Waals surface area contributed by atoms with E-state index in [1.54, 1.807) is 13.0 Å². The van der Waals surface area contributed by atoms with Gasteiger partial charge in [-0.05, 0) is 113 Å². The van der Waals surface area contributed by atoms with Crippen molar-refractivity contribution in [3.8, 4) is 0 Å². The number of nitrogens with zero attached hydrogens (tertiary/aromatic N) is 2. The largest absolute Gasteiger partial charge is 0.405 e. The Hall–Kier alpha value is -3.88. The minimum atomic E-state index is -2.85. The summed E-state index contributed by atoms with van der Waals surface area (Å²) in [6.45, 7) is 3.79. The van der Waals surface area contributed by atoms with Crippen LogP contribution in [0.2, 0.25) is 0 Å². The van der Waals surface area contributed by atoms with E-state index in [2.05, 4.69) is 25.8 Å². The number of carbonyl (C=O) groups excluding carboxylic acids is 4. The summed E-state index contributed by atoms with van der Waals surface area (Å²) in [5.74, 6) is -7.88. The summed E-state index contributed by atoms with van der Waals surface area (Å²) >= 11 is 0. The highest BCUT2D eigenvalue weighted by molar-refractivity contribution is 6.43. The number of amides is 3. The predicted octanol–water partition coefficient (Wildman–Crippen LogP) is 5.65. The maximum absolute atomic E-state index is 15.4. The van der Waals surface area contributed by atoms with Gasteiger partial charge in [-0.25, -0.2) is 22.0 Å². The number of nitrogens with two attached hydrogens (primary N) is 1. The second-order valence-electron chi connectivity index (χ2n) is 15.9. The first-order chi connectivity index (χ1) is 25.6. The van der Waals surface area contributed by atoms with Gasteiger partial charge in [-0.3, -0.25) is 19.4 Å². The van der Waals surface area contributed by atoms with Crippen LogP contribution in [0.5, 0.6) is 0 Å². The van der Waals surface area contributed by atoms with Crippen LogP contribution < -0.4 is 21.7 Å². The molecule has 5 fully saturated rings. The maximum atomic E-state index is 15.4. The highest BCUT2D eigenvalue weighted by atomic mass is 19.3. The van der Waals surface area contributed by atoms with E-state index in [-0.39, 0.29) is 43.0 Å². The van der Waals surface area contributed by atoms with Crippen molar-refractivity contribution in [2.24, 2.45) is 28.0 Å². The molecule has 1 aliphatic heterocycles. The summed E-state index contributed by atoms with van der Waals surface area (Å²) in [6, 6.07) is 2.14. The molecular weight excluding hydrogens is 711 g/mol. The van der Waals surface area contributed by atoms with Crippen LogP contribution in [0.1, 0.15) is 96.0 Å². The van der Waals surface area contributed by atoms with E-state index in [0.29, 0.717) is 50.0 Å². The van der Waals surface area contributed by atoms with Gasteiger partial charge in [0, 0.05) is 43.1 Å². The Morgan fingerprint density at radius 1 is 1.00 bits per heavy atom. The minimum Gasteiger partial charge on any atom is -0.405 e. The Balaban J connectivity index is 0.000000431. The lowest BCUT2D eigenvalue weighted by Crippen LogP contribution is -2.51. The Morgan fingerprint density at radius 2 is 1.65 bits per heavy atom. The molecule has 1 saturated heterocycles. The number of likely N-dealkylation sites (tertiary alicyclic amines) is 1. The minimum absolute atomic E-state index is 0.00680. The van der Waals surface area contributed by atoms with Crippen LogP contribution in [0.15, 0.2) is 35.5 Å². The van der Waals surface area contributed by atoms with E-state index in [4.69, 9.17) is 5.73 Å². The standard InChI is InChI=1S/C31H40F3N5O4.C8H13F2N/c1-2-26(41)38-25(18-40)30(13-14-30)21-6-7-23(22(32)16-21)37-29(43)27(20-8-11-31(33,34)12-9-20)39-28(42)24(10-15-35)36-17-19-4-3-5-19;1-11-4-2-7(3-5-11)6-8(7,9)10/h6-7,10,15-16,18-20,25,27H,2-5,8-9,11-14,17,35H2,1H3,(H,37,43)(H,38,41)(H,39,42);2-6H2,1H3/b15-10-,36-24?;. The molecule has 0 radical (unpaired) electrons. The van der Waals surface area contributed by atoms with E-state index >= 15 is 4.39 Å². The zero-order valence-corrected chi connectivity index (χ0v) is 31.1. The summed E-state index contributed by atoms with van der Waals surface area (Å²) < 4.78 is 68.8. The van der Waals surface area contributed by atoms with Gasteiger partial charge < -0.3 is 31.4 Å². The average Bonchev–Trinajstić information content (AvgIpc) is 4.02. The highest BCUT2D eigenvalue weighted by Gasteiger charge is 2.70. The Labute approximate surface area is 313 Å². The topological polar surface area (TPSA) is 146 Å². The number of piperidine rings is 1. The van der Waals surface area contributed by atoms with Crippen molar-refractivity contribution in [3.05, 3.63) is 41.9 Å². The first kappa shape index (κ1) is 41.3. The third-order valence-electron chi connectivity index (χ3n) is 12.1. The van der Waals surface area contributed by atoms with Gasteiger partial charge in [0.1, 0.15) is 23.9 Å². The fraction of sp³-hybridized carbons (Fsp3) is 0.667. The summed E-state index contributed by atoms with van der Waals surface area (Å²) in [7, 11) is 1.99. The summed E-state index contributed by atoms with van der Waals surface area (Å²) in [5.41, 5.74) is 4.60. The fourth-order valence-electron chi connectivity index (χ4n) is 7.80. The molecule has 4 aliphatic carbocycles. The number of benzene rings is 1. The molecule has 0 aromatic heterocycles. The molecule has 2 atom stereocenters. The summed E-state index contributed by atoms with van der Waals surface area (Å²) in [6.07, 6.45) is 8.30. The number of rotatable bonds is 13. The molecular formula is C39H53F5N6O4. The van der Waals surface area contributed by atoms with Gasteiger partial charge in [0.25, 0.3) is 11.8 Å². The monoisotopic (exact) mass is 764 g/mol. The number of aldehydes is 1. The Bertz CT molecular complexity index is 1590. The van der Waals surface area contributed by atoms with E-state index in [0.717, 1.165) is 32.4 Å². The normalized spacial score (nSPS) is 23.9. The van der Waals surface area contributed by atoms with E-state index in [1.807, 2.05) is 7.05 Å². The lowest BCUT2D eigenvalue weighted by molar-refractivity contribution is -0.126. The third kappa shape index (κ3) is 9.67. The Morgan fingerprint density at radius 3 is 2.15 bits per heavy atom. The van der Waals surface area contributed by atoms with Gasteiger partial charge in [0.05, 0.1) is 11.7 Å². The fourth-order valence-corrected chi connectivity index (χ4v) is 7.80. The van der Waals surface area contributed by atoms with Crippen molar-refractivity contribution in [2.45, 2.75) is 120 Å². The maximum Gasteiger partial charge on any atom is 0.270 e. The number of alkyl halides is 4. The quantitative estimate of drug-likeness (QED) is 0.116. The molecule has 10 nitrogen and oxygen atoms in total. The first-order valence-corrected chi connectivity index (χ1v) is 19.1. The zero-order valence-electron chi connectivity index (χ0n) is 31.1. The van der Waals surface area contributed by atoms with Gasteiger partial charge in [0.2, 0.25) is 17.7 Å². The molecule has 1 aromatic carbocycles. The van der Waals surface area contributed by atoms with Crippen LogP contribution in [0, 0.1) is 23.1 Å². The number of carbonyl (C=O) groups is 4. The number of nitrogens with one attached hydrogen (secondary N) is 3. The molecule has 15 heteroatoms. The number of aliphatic imine (C=N–C) groups is 1. The highest BCUT2D eigenvalue weighted by Crippen LogP contribution is 2.65. The van der Waals surface area contributed by atoms with Crippen molar-refractivity contribution in [3.63, 3.8) is 0 Å². The number of anilines is 1. The van der Waals surface area contributed by atoms with Crippen LogP contribution in [0.4, 0.5) is 27.6 Å². The second-order valence-corrected chi connectivity index (χ2v) is 15.9. The summed E-state index contributed by atoms with van der Waals surface area (Å²) in [4.78, 5) is 56.9. The predicted molar refractivity (Wildman–Crippen MR) is 195 cm³/mol. The van der Waals surface area contributed by atoms with Gasteiger partial charge in [0.15, 0.2) is 0 Å². The molecule has 1 aromatic rings. The molecule has 1 spiro atoms. The second kappa shape index (κ2) is 16.9. The average molecular weight is 765 g/mol. The van der Waals surface area contributed by atoms with Gasteiger partial charge in [-0.15, -0.1) is 0 Å². The van der Waals surface area contributed by atoms with Crippen LogP contribution in [-0.4, -0.2) is 85.2 Å². The van der Waals surface area contributed by atoms with Crippen LogP contribution >= 0.6 is 0 Å². The van der Waals surface area contributed by atoms with E-state index in [1.165, 1.54) is 24.4 Å². The van der Waals surface area contributed by atoms with Crippen molar-refractivity contribution < 1.29 is 41.1 Å². The molecule has 1 heterocycles. The van der Waals surface area contributed by atoms with Crippen molar-refractivity contribution in [1.29, 1.82) is 0 Å². The first-order valence-electron chi connectivity index (χ1n) is 19.1. The van der Waals surface area contributed by atoms with Crippen molar-refractivity contribution in [2.75, 3.05) is 32.0 Å². The lowest BCUT2D eigenvalue weighted by atomic mass is 9.81. The third-order valence-corrected chi connectivity index (χ3v) is 12.1. The van der Waals surface area contributed by atoms with E-state index in [9.17, 15) is 36.7 Å². The zero-order chi connectivity index (χ0) is 39.3. The van der Waals surface area contributed by atoms with Crippen molar-refractivity contribution >= 4 is 35.4 Å². The number of halogens is 5. The molecule has 6 rings (SSSR count). The number of hydrogen-bond acceptors (Lipinski definition) is 7.